The first-order chi connectivity index (χ1) is 8.81. The van der Waals surface area contributed by atoms with E-state index in [1.807, 2.05) is 19.9 Å². The molecule has 0 aliphatic carbocycles. The molecule has 0 saturated heterocycles. The third kappa shape index (κ3) is 4.77. The van der Waals surface area contributed by atoms with E-state index in [9.17, 15) is 5.11 Å². The SMILES string of the molecule is Cc1ccc(NC(CC(C)C)CC(C)C)c(C)c1O. The maximum Gasteiger partial charge on any atom is 0.123 e. The van der Waals surface area contributed by atoms with Crippen molar-refractivity contribution >= 4 is 5.69 Å². The van der Waals surface area contributed by atoms with Crippen LogP contribution in [0.15, 0.2) is 12.1 Å². The van der Waals surface area contributed by atoms with Gasteiger partial charge in [0.05, 0.1) is 0 Å². The standard InChI is InChI=1S/C17H29NO/c1-11(2)9-15(10-12(3)4)18-16-8-7-13(5)17(19)14(16)6/h7-8,11-12,15,18-19H,9-10H2,1-6H3. The van der Waals surface area contributed by atoms with Crippen LogP contribution >= 0.6 is 0 Å². The molecule has 0 saturated carbocycles. The minimum Gasteiger partial charge on any atom is -0.507 e. The number of anilines is 1. The zero-order chi connectivity index (χ0) is 14.6. The second-order valence-electron chi connectivity index (χ2n) is 6.50. The number of benzene rings is 1. The van der Waals surface area contributed by atoms with Crippen LogP contribution in [0.5, 0.6) is 5.75 Å². The van der Waals surface area contributed by atoms with Crippen molar-refractivity contribution in [2.24, 2.45) is 11.8 Å². The van der Waals surface area contributed by atoms with Crippen LogP contribution in [-0.4, -0.2) is 11.1 Å². The highest BCUT2D eigenvalue weighted by atomic mass is 16.3. The van der Waals surface area contributed by atoms with Crippen LogP contribution in [0.2, 0.25) is 0 Å². The summed E-state index contributed by atoms with van der Waals surface area (Å²) in [5, 5.41) is 13.6. The Bertz CT molecular complexity index is 400. The zero-order valence-corrected chi connectivity index (χ0v) is 13.2. The molecule has 0 unspecified atom stereocenters. The second kappa shape index (κ2) is 6.83. The van der Waals surface area contributed by atoms with E-state index in [4.69, 9.17) is 0 Å². The Morgan fingerprint density at radius 2 is 1.53 bits per heavy atom. The molecule has 1 aromatic carbocycles. The average molecular weight is 263 g/mol. The molecule has 0 atom stereocenters. The fourth-order valence-corrected chi connectivity index (χ4v) is 2.56. The normalized spacial score (nSPS) is 11.6. The van der Waals surface area contributed by atoms with Gasteiger partial charge in [0.25, 0.3) is 0 Å². The van der Waals surface area contributed by atoms with Crippen molar-refractivity contribution in [1.82, 2.24) is 0 Å². The third-order valence-corrected chi connectivity index (χ3v) is 3.50. The molecule has 0 aliphatic rings. The van der Waals surface area contributed by atoms with Gasteiger partial charge in [-0.15, -0.1) is 0 Å². The van der Waals surface area contributed by atoms with E-state index in [1.165, 1.54) is 0 Å². The highest BCUT2D eigenvalue weighted by Gasteiger charge is 2.15. The van der Waals surface area contributed by atoms with Crippen LogP contribution in [0.25, 0.3) is 0 Å². The lowest BCUT2D eigenvalue weighted by atomic mass is 9.95. The molecule has 0 heterocycles. The minimum atomic E-state index is 0.415. The molecule has 2 N–H and O–H groups in total. The third-order valence-electron chi connectivity index (χ3n) is 3.50. The summed E-state index contributed by atoms with van der Waals surface area (Å²) in [6, 6.07) is 4.53. The molecule has 0 spiro atoms. The van der Waals surface area contributed by atoms with Gasteiger partial charge in [-0.25, -0.2) is 0 Å². The van der Waals surface area contributed by atoms with Gasteiger partial charge in [-0.2, -0.15) is 0 Å². The van der Waals surface area contributed by atoms with E-state index >= 15 is 0 Å². The van der Waals surface area contributed by atoms with Gasteiger partial charge < -0.3 is 10.4 Å². The van der Waals surface area contributed by atoms with Crippen molar-refractivity contribution in [3.8, 4) is 5.75 Å². The Hall–Kier alpha value is -1.18. The molecular weight excluding hydrogens is 234 g/mol. The predicted octanol–water partition coefficient (Wildman–Crippen LogP) is 4.88. The first kappa shape index (κ1) is 15.9. The molecule has 0 aromatic heterocycles. The molecule has 0 bridgehead atoms. The van der Waals surface area contributed by atoms with E-state index in [-0.39, 0.29) is 0 Å². The van der Waals surface area contributed by atoms with Crippen LogP contribution in [0.3, 0.4) is 0 Å². The van der Waals surface area contributed by atoms with Crippen LogP contribution in [0.4, 0.5) is 5.69 Å². The minimum absolute atomic E-state index is 0.415. The number of rotatable bonds is 6. The van der Waals surface area contributed by atoms with E-state index in [2.05, 4.69) is 39.1 Å². The summed E-state index contributed by atoms with van der Waals surface area (Å²) in [7, 11) is 0. The Morgan fingerprint density at radius 1 is 1.00 bits per heavy atom. The predicted molar refractivity (Wildman–Crippen MR) is 83.9 cm³/mol. The van der Waals surface area contributed by atoms with Gasteiger partial charge in [0.1, 0.15) is 5.75 Å². The zero-order valence-electron chi connectivity index (χ0n) is 13.2. The van der Waals surface area contributed by atoms with Gasteiger partial charge in [0.2, 0.25) is 0 Å². The number of phenolic OH excluding ortho intramolecular Hbond substituents is 1. The number of nitrogens with one attached hydrogen (secondary N) is 1. The van der Waals surface area contributed by atoms with Crippen molar-refractivity contribution in [2.45, 2.75) is 60.4 Å². The van der Waals surface area contributed by atoms with Crippen LogP contribution in [0, 0.1) is 25.7 Å². The van der Waals surface area contributed by atoms with Gasteiger partial charge in [0.15, 0.2) is 0 Å². The van der Waals surface area contributed by atoms with E-state index in [0.29, 0.717) is 23.6 Å². The largest absolute Gasteiger partial charge is 0.507 e. The Kier molecular flexibility index (Phi) is 5.71. The summed E-state index contributed by atoms with van der Waals surface area (Å²) >= 11 is 0. The number of hydrogen-bond acceptors (Lipinski definition) is 2. The summed E-state index contributed by atoms with van der Waals surface area (Å²) in [6.07, 6.45) is 2.32. The maximum atomic E-state index is 10.0. The van der Waals surface area contributed by atoms with E-state index in [0.717, 1.165) is 29.7 Å². The van der Waals surface area contributed by atoms with E-state index < -0.39 is 0 Å². The topological polar surface area (TPSA) is 32.3 Å². The fraction of sp³-hybridized carbons (Fsp3) is 0.647. The van der Waals surface area contributed by atoms with Crippen LogP contribution in [0.1, 0.15) is 51.7 Å². The summed E-state index contributed by atoms with van der Waals surface area (Å²) in [4.78, 5) is 0. The number of hydrogen-bond donors (Lipinski definition) is 2. The lowest BCUT2D eigenvalue weighted by Gasteiger charge is -2.25. The van der Waals surface area contributed by atoms with E-state index in [1.54, 1.807) is 0 Å². The highest BCUT2D eigenvalue weighted by Crippen LogP contribution is 2.29. The average Bonchev–Trinajstić information content (AvgIpc) is 2.28. The quantitative estimate of drug-likeness (QED) is 0.766. The van der Waals surface area contributed by atoms with Gasteiger partial charge in [-0.3, -0.25) is 0 Å². The summed E-state index contributed by atoms with van der Waals surface area (Å²) in [6.45, 7) is 12.9. The van der Waals surface area contributed by atoms with Gasteiger partial charge in [0, 0.05) is 17.3 Å². The lowest BCUT2D eigenvalue weighted by Crippen LogP contribution is -2.24. The smallest absolute Gasteiger partial charge is 0.123 e. The van der Waals surface area contributed by atoms with Gasteiger partial charge in [-0.05, 0) is 50.2 Å². The van der Waals surface area contributed by atoms with Crippen molar-refractivity contribution in [3.63, 3.8) is 0 Å². The monoisotopic (exact) mass is 263 g/mol. The molecule has 0 aliphatic heterocycles. The summed E-state index contributed by atoms with van der Waals surface area (Å²) in [5.41, 5.74) is 2.96. The molecule has 0 amide bonds. The molecule has 0 fully saturated rings. The number of phenols is 1. The molecule has 2 heteroatoms. The number of aromatic hydroxyl groups is 1. The van der Waals surface area contributed by atoms with Gasteiger partial charge >= 0.3 is 0 Å². The molecule has 0 radical (unpaired) electrons. The Morgan fingerprint density at radius 3 is 2.00 bits per heavy atom. The lowest BCUT2D eigenvalue weighted by molar-refractivity contribution is 0.441. The van der Waals surface area contributed by atoms with Gasteiger partial charge in [-0.1, -0.05) is 33.8 Å². The van der Waals surface area contributed by atoms with Crippen molar-refractivity contribution < 1.29 is 5.11 Å². The Labute approximate surface area is 118 Å². The Balaban J connectivity index is 2.86. The molecule has 108 valence electrons. The fourth-order valence-electron chi connectivity index (χ4n) is 2.56. The van der Waals surface area contributed by atoms with Crippen molar-refractivity contribution in [2.75, 3.05) is 5.32 Å². The van der Waals surface area contributed by atoms with Crippen LogP contribution in [-0.2, 0) is 0 Å². The molecule has 1 aromatic rings. The number of aryl methyl sites for hydroxylation is 1. The highest BCUT2D eigenvalue weighted by molar-refractivity contribution is 5.59. The molecular formula is C17H29NO. The second-order valence-corrected chi connectivity index (χ2v) is 6.50. The molecule has 19 heavy (non-hydrogen) atoms. The first-order valence-electron chi connectivity index (χ1n) is 7.37. The molecule has 1 rings (SSSR count). The summed E-state index contributed by atoms with van der Waals surface area (Å²) in [5.74, 6) is 1.77. The maximum absolute atomic E-state index is 10.0. The molecule has 2 nitrogen and oxygen atoms in total. The summed E-state index contributed by atoms with van der Waals surface area (Å²) < 4.78 is 0. The van der Waals surface area contributed by atoms with Crippen molar-refractivity contribution in [3.05, 3.63) is 23.3 Å². The first-order valence-corrected chi connectivity index (χ1v) is 7.37. The van der Waals surface area contributed by atoms with Crippen LogP contribution < -0.4 is 5.32 Å². The van der Waals surface area contributed by atoms with Crippen molar-refractivity contribution in [1.29, 1.82) is 0 Å².